The number of thioether (sulfide) groups is 1. The average Bonchev–Trinajstić information content (AvgIpc) is 2.08. The molecule has 1 rings (SSSR count). The summed E-state index contributed by atoms with van der Waals surface area (Å²) in [6, 6.07) is 0. The van der Waals surface area contributed by atoms with Crippen molar-refractivity contribution in [3.05, 3.63) is 17.0 Å². The van der Waals surface area contributed by atoms with Gasteiger partial charge in [0.2, 0.25) is 0 Å². The summed E-state index contributed by atoms with van der Waals surface area (Å²) in [6.45, 7) is 3.44. The molecule has 1 heterocycles. The van der Waals surface area contributed by atoms with E-state index >= 15 is 0 Å². The molecule has 1 aromatic rings. The molecule has 0 aliphatic carbocycles. The normalized spacial score (nSPS) is 12.5. The molecule has 1 atom stereocenters. The van der Waals surface area contributed by atoms with Crippen LogP contribution in [0.3, 0.4) is 0 Å². The van der Waals surface area contributed by atoms with E-state index < -0.39 is 0 Å². The van der Waals surface area contributed by atoms with E-state index in [1.54, 1.807) is 13.1 Å². The molecule has 0 saturated carbocycles. The number of halogens is 1. The molecule has 0 aliphatic heterocycles. The molecule has 0 aliphatic rings. The molecular formula is C8H9BrN2OS. The smallest absolute Gasteiger partial charge is 0.142 e. The van der Waals surface area contributed by atoms with Crippen molar-refractivity contribution in [2.45, 2.75) is 24.1 Å². The van der Waals surface area contributed by atoms with Gasteiger partial charge >= 0.3 is 0 Å². The predicted molar refractivity (Wildman–Crippen MR) is 55.7 cm³/mol. The quantitative estimate of drug-likeness (QED) is 0.618. The highest BCUT2D eigenvalue weighted by atomic mass is 79.9. The lowest BCUT2D eigenvalue weighted by Gasteiger charge is -2.06. The minimum atomic E-state index is -0.0637. The van der Waals surface area contributed by atoms with Crippen molar-refractivity contribution in [2.24, 2.45) is 0 Å². The number of nitrogens with zero attached hydrogens (tertiary/aromatic N) is 2. The second-order valence-corrected chi connectivity index (χ2v) is 4.73. The Balaban J connectivity index is 2.74. The average molecular weight is 261 g/mol. The van der Waals surface area contributed by atoms with Crippen molar-refractivity contribution >= 4 is 33.5 Å². The zero-order chi connectivity index (χ0) is 9.84. The van der Waals surface area contributed by atoms with Crippen molar-refractivity contribution in [3.63, 3.8) is 0 Å². The van der Waals surface area contributed by atoms with E-state index in [0.717, 1.165) is 9.50 Å². The van der Waals surface area contributed by atoms with Gasteiger partial charge in [-0.1, -0.05) is 11.8 Å². The van der Waals surface area contributed by atoms with Crippen LogP contribution in [0.15, 0.2) is 22.0 Å². The van der Waals surface area contributed by atoms with Crippen molar-refractivity contribution < 1.29 is 4.79 Å². The largest absolute Gasteiger partial charge is 0.299 e. The number of ketones is 1. The molecular weight excluding hydrogens is 252 g/mol. The summed E-state index contributed by atoms with van der Waals surface area (Å²) in [4.78, 5) is 18.9. The first-order valence-corrected chi connectivity index (χ1v) is 5.41. The second kappa shape index (κ2) is 4.72. The molecule has 0 aromatic carbocycles. The molecule has 3 nitrogen and oxygen atoms in total. The monoisotopic (exact) mass is 260 g/mol. The third kappa shape index (κ3) is 3.08. The minimum absolute atomic E-state index is 0.0637. The third-order valence-corrected chi connectivity index (χ3v) is 3.57. The second-order valence-electron chi connectivity index (χ2n) is 2.55. The van der Waals surface area contributed by atoms with Crippen LogP contribution in [0.25, 0.3) is 0 Å². The number of hydrogen-bond donors (Lipinski definition) is 0. The Morgan fingerprint density at radius 2 is 2.38 bits per heavy atom. The minimum Gasteiger partial charge on any atom is -0.299 e. The van der Waals surface area contributed by atoms with E-state index in [4.69, 9.17) is 0 Å². The molecule has 1 unspecified atom stereocenters. The molecule has 0 fully saturated rings. The zero-order valence-electron chi connectivity index (χ0n) is 7.32. The van der Waals surface area contributed by atoms with Gasteiger partial charge in [-0.2, -0.15) is 0 Å². The number of aromatic nitrogens is 2. The van der Waals surface area contributed by atoms with Gasteiger partial charge in [0.25, 0.3) is 0 Å². The Labute approximate surface area is 89.5 Å². The lowest BCUT2D eigenvalue weighted by Crippen LogP contribution is -2.08. The molecule has 0 saturated heterocycles. The highest BCUT2D eigenvalue weighted by Crippen LogP contribution is 2.27. The van der Waals surface area contributed by atoms with Gasteiger partial charge in [0.15, 0.2) is 0 Å². The molecule has 0 radical (unpaired) electrons. The summed E-state index contributed by atoms with van der Waals surface area (Å²) in [5.41, 5.74) is 0. The van der Waals surface area contributed by atoms with Crippen LogP contribution >= 0.6 is 27.7 Å². The van der Waals surface area contributed by atoms with E-state index in [-0.39, 0.29) is 11.0 Å². The lowest BCUT2D eigenvalue weighted by atomic mass is 10.3. The molecule has 5 heteroatoms. The highest BCUT2D eigenvalue weighted by Gasteiger charge is 2.12. The van der Waals surface area contributed by atoms with Gasteiger partial charge < -0.3 is 0 Å². The van der Waals surface area contributed by atoms with E-state index in [1.807, 2.05) is 6.92 Å². The predicted octanol–water partition coefficient (Wildman–Crippen LogP) is 2.31. The van der Waals surface area contributed by atoms with Gasteiger partial charge in [-0.05, 0) is 29.8 Å². The number of carbonyl (C=O) groups excluding carboxylic acids is 1. The standard InChI is InChI=1S/C8H9BrN2OS/c1-5(12)6(2)13-8-7(9)3-10-4-11-8/h3-4,6H,1-2H3. The third-order valence-electron chi connectivity index (χ3n) is 1.49. The maximum Gasteiger partial charge on any atom is 0.142 e. The van der Waals surface area contributed by atoms with Crippen molar-refractivity contribution in [1.29, 1.82) is 0 Å². The van der Waals surface area contributed by atoms with Gasteiger partial charge in [-0.15, -0.1) is 0 Å². The van der Waals surface area contributed by atoms with Crippen LogP contribution < -0.4 is 0 Å². The van der Waals surface area contributed by atoms with Crippen LogP contribution in [-0.4, -0.2) is 21.0 Å². The van der Waals surface area contributed by atoms with Gasteiger partial charge in [0.1, 0.15) is 17.1 Å². The molecule has 0 spiro atoms. The van der Waals surface area contributed by atoms with Crippen LogP contribution in [0, 0.1) is 0 Å². The number of hydrogen-bond acceptors (Lipinski definition) is 4. The summed E-state index contributed by atoms with van der Waals surface area (Å²) in [6.07, 6.45) is 3.14. The van der Waals surface area contributed by atoms with Gasteiger partial charge in [-0.25, -0.2) is 9.97 Å². The molecule has 13 heavy (non-hydrogen) atoms. The summed E-state index contributed by atoms with van der Waals surface area (Å²) in [5.74, 6) is 0.149. The van der Waals surface area contributed by atoms with Crippen LogP contribution in [0.2, 0.25) is 0 Å². The summed E-state index contributed by atoms with van der Waals surface area (Å²) < 4.78 is 0.827. The lowest BCUT2D eigenvalue weighted by molar-refractivity contribution is -0.116. The first kappa shape index (κ1) is 10.7. The summed E-state index contributed by atoms with van der Waals surface area (Å²) in [5, 5.41) is 0.740. The van der Waals surface area contributed by atoms with Gasteiger partial charge in [0, 0.05) is 6.20 Å². The molecule has 0 amide bonds. The first-order valence-electron chi connectivity index (χ1n) is 3.74. The van der Waals surface area contributed by atoms with Crippen LogP contribution in [0.1, 0.15) is 13.8 Å². The van der Waals surface area contributed by atoms with E-state index in [1.165, 1.54) is 18.1 Å². The Morgan fingerprint density at radius 3 is 2.92 bits per heavy atom. The fraction of sp³-hybridized carbons (Fsp3) is 0.375. The van der Waals surface area contributed by atoms with Gasteiger partial charge in [0.05, 0.1) is 9.72 Å². The van der Waals surface area contributed by atoms with Crippen molar-refractivity contribution in [2.75, 3.05) is 0 Å². The molecule has 0 bridgehead atoms. The first-order chi connectivity index (χ1) is 6.11. The Kier molecular flexibility index (Phi) is 3.87. The Bertz CT molecular complexity index is 319. The van der Waals surface area contributed by atoms with Crippen molar-refractivity contribution in [3.8, 4) is 0 Å². The fourth-order valence-corrected chi connectivity index (χ4v) is 1.91. The highest BCUT2D eigenvalue weighted by molar-refractivity contribution is 9.10. The van der Waals surface area contributed by atoms with E-state index in [2.05, 4.69) is 25.9 Å². The zero-order valence-corrected chi connectivity index (χ0v) is 9.72. The van der Waals surface area contributed by atoms with Crippen LogP contribution in [-0.2, 0) is 4.79 Å². The summed E-state index contributed by atoms with van der Waals surface area (Å²) >= 11 is 4.75. The molecule has 0 N–H and O–H groups in total. The summed E-state index contributed by atoms with van der Waals surface area (Å²) in [7, 11) is 0. The Hall–Kier alpha value is -0.420. The SMILES string of the molecule is CC(=O)C(C)Sc1ncncc1Br. The number of carbonyl (C=O) groups is 1. The number of rotatable bonds is 3. The van der Waals surface area contributed by atoms with E-state index in [9.17, 15) is 4.79 Å². The fourth-order valence-electron chi connectivity index (χ4n) is 0.639. The number of Topliss-reactive ketones (excluding diaryl/α,β-unsaturated/α-hetero) is 1. The van der Waals surface area contributed by atoms with Gasteiger partial charge in [-0.3, -0.25) is 4.79 Å². The topological polar surface area (TPSA) is 42.9 Å². The Morgan fingerprint density at radius 1 is 1.69 bits per heavy atom. The van der Waals surface area contributed by atoms with Crippen LogP contribution in [0.5, 0.6) is 0 Å². The van der Waals surface area contributed by atoms with E-state index in [0.29, 0.717) is 0 Å². The molecule has 1 aromatic heterocycles. The molecule has 70 valence electrons. The van der Waals surface area contributed by atoms with Crippen molar-refractivity contribution in [1.82, 2.24) is 9.97 Å². The van der Waals surface area contributed by atoms with Crippen LogP contribution in [0.4, 0.5) is 0 Å². The maximum atomic E-state index is 11.0. The maximum absolute atomic E-state index is 11.0.